The number of rotatable bonds is 3. The van der Waals surface area contributed by atoms with Crippen molar-refractivity contribution in [2.24, 2.45) is 0 Å². The topological polar surface area (TPSA) is 85.8 Å². The molecule has 0 saturated carbocycles. The van der Waals surface area contributed by atoms with Crippen molar-refractivity contribution >= 4 is 12.4 Å². The Balaban J connectivity index is 0.00000182. The Morgan fingerprint density at radius 1 is 1.28 bits per heavy atom. The van der Waals surface area contributed by atoms with E-state index in [4.69, 9.17) is 4.52 Å². The molecule has 0 atom stereocenters. The molecule has 0 aliphatic carbocycles. The van der Waals surface area contributed by atoms with Gasteiger partial charge < -0.3 is 9.84 Å². The molecule has 3 heterocycles. The van der Waals surface area contributed by atoms with Gasteiger partial charge in [-0.05, 0) is 18.5 Å². The molecule has 8 heteroatoms. The Bertz CT molecular complexity index is 933. The number of nitrogens with zero attached hydrogens (tertiary/aromatic N) is 4. The van der Waals surface area contributed by atoms with Gasteiger partial charge in [-0.2, -0.15) is 4.98 Å². The van der Waals surface area contributed by atoms with Crippen LogP contribution < -0.4 is 10.9 Å². The summed E-state index contributed by atoms with van der Waals surface area (Å²) in [4.78, 5) is 21.2. The van der Waals surface area contributed by atoms with Gasteiger partial charge in [0, 0.05) is 24.6 Å². The van der Waals surface area contributed by atoms with Crippen molar-refractivity contribution in [3.8, 4) is 11.4 Å². The third-order valence-corrected chi connectivity index (χ3v) is 4.16. The van der Waals surface area contributed by atoms with Gasteiger partial charge in [-0.1, -0.05) is 29.4 Å². The van der Waals surface area contributed by atoms with Gasteiger partial charge in [-0.15, -0.1) is 12.4 Å². The zero-order chi connectivity index (χ0) is 16.5. The van der Waals surface area contributed by atoms with Gasteiger partial charge in [0.05, 0.1) is 18.6 Å². The fraction of sp³-hybridized carbons (Fsp3) is 0.294. The van der Waals surface area contributed by atoms with Gasteiger partial charge in [0.2, 0.25) is 11.7 Å². The number of hydrogen-bond donors (Lipinski definition) is 1. The Hall–Kier alpha value is -2.51. The Labute approximate surface area is 150 Å². The molecule has 3 aromatic rings. The summed E-state index contributed by atoms with van der Waals surface area (Å²) in [6.45, 7) is 3.75. The van der Waals surface area contributed by atoms with Crippen LogP contribution in [0.25, 0.3) is 11.4 Å². The maximum absolute atomic E-state index is 12.6. The molecule has 1 aliphatic heterocycles. The van der Waals surface area contributed by atoms with E-state index in [-0.39, 0.29) is 18.0 Å². The molecular weight excluding hydrogens is 342 g/mol. The maximum Gasteiger partial charge on any atom is 0.257 e. The average Bonchev–Trinajstić information content (AvgIpc) is 3.05. The lowest BCUT2D eigenvalue weighted by atomic mass is 10.1. The van der Waals surface area contributed by atoms with Crippen LogP contribution >= 0.6 is 12.4 Å². The van der Waals surface area contributed by atoms with Gasteiger partial charge in [0.1, 0.15) is 0 Å². The van der Waals surface area contributed by atoms with Crippen molar-refractivity contribution in [3.63, 3.8) is 0 Å². The van der Waals surface area contributed by atoms with Gasteiger partial charge >= 0.3 is 0 Å². The Kier molecular flexibility index (Phi) is 4.96. The molecule has 0 amide bonds. The molecule has 0 spiro atoms. The van der Waals surface area contributed by atoms with E-state index in [0.29, 0.717) is 24.8 Å². The van der Waals surface area contributed by atoms with Crippen LogP contribution in [0.15, 0.2) is 39.9 Å². The summed E-state index contributed by atoms with van der Waals surface area (Å²) in [5.41, 5.74) is 3.66. The first kappa shape index (κ1) is 17.3. The monoisotopic (exact) mass is 359 g/mol. The van der Waals surface area contributed by atoms with Crippen molar-refractivity contribution in [2.75, 3.05) is 6.54 Å². The summed E-state index contributed by atoms with van der Waals surface area (Å²) < 4.78 is 6.66. The minimum atomic E-state index is 0. The first-order valence-electron chi connectivity index (χ1n) is 7.88. The summed E-state index contributed by atoms with van der Waals surface area (Å²) >= 11 is 0. The fourth-order valence-electron chi connectivity index (χ4n) is 2.88. The van der Waals surface area contributed by atoms with Crippen LogP contribution in [0, 0.1) is 6.92 Å². The number of nitrogens with one attached hydrogen (secondary N) is 1. The number of fused-ring (bicyclic) bond motifs is 1. The number of hydrogen-bond acceptors (Lipinski definition) is 6. The quantitative estimate of drug-likeness (QED) is 0.766. The number of aryl methyl sites for hydroxylation is 1. The zero-order valence-electron chi connectivity index (χ0n) is 13.7. The van der Waals surface area contributed by atoms with E-state index in [2.05, 4.69) is 20.4 Å². The van der Waals surface area contributed by atoms with E-state index in [1.807, 2.05) is 24.3 Å². The minimum absolute atomic E-state index is 0. The second kappa shape index (κ2) is 7.16. The van der Waals surface area contributed by atoms with Crippen LogP contribution in [0.5, 0.6) is 0 Å². The maximum atomic E-state index is 12.6. The summed E-state index contributed by atoms with van der Waals surface area (Å²) in [7, 11) is 0. The van der Waals surface area contributed by atoms with E-state index in [1.165, 1.54) is 0 Å². The minimum Gasteiger partial charge on any atom is -0.339 e. The molecule has 1 aliphatic rings. The second-order valence-corrected chi connectivity index (χ2v) is 5.86. The molecule has 25 heavy (non-hydrogen) atoms. The largest absolute Gasteiger partial charge is 0.339 e. The van der Waals surface area contributed by atoms with Crippen LogP contribution in [0.4, 0.5) is 0 Å². The number of aromatic nitrogens is 4. The molecule has 1 aromatic carbocycles. The number of benzene rings is 1. The van der Waals surface area contributed by atoms with Crippen molar-refractivity contribution in [2.45, 2.75) is 26.4 Å². The lowest BCUT2D eigenvalue weighted by Crippen LogP contribution is -2.34. The van der Waals surface area contributed by atoms with Crippen LogP contribution in [-0.2, 0) is 19.5 Å². The van der Waals surface area contributed by atoms with Gasteiger partial charge in [-0.25, -0.2) is 4.98 Å². The molecule has 7 nitrogen and oxygen atoms in total. The van der Waals surface area contributed by atoms with E-state index in [0.717, 1.165) is 35.3 Å². The van der Waals surface area contributed by atoms with Gasteiger partial charge in [0.15, 0.2) is 0 Å². The van der Waals surface area contributed by atoms with Crippen LogP contribution in [0.1, 0.15) is 22.7 Å². The molecule has 2 aromatic heterocycles. The van der Waals surface area contributed by atoms with Crippen LogP contribution in [0.2, 0.25) is 0 Å². The highest BCUT2D eigenvalue weighted by molar-refractivity contribution is 5.85. The third-order valence-electron chi connectivity index (χ3n) is 4.16. The fourth-order valence-corrected chi connectivity index (χ4v) is 2.88. The molecule has 130 valence electrons. The number of halogens is 1. The molecular formula is C17H18ClN5O2. The van der Waals surface area contributed by atoms with E-state index >= 15 is 0 Å². The molecule has 4 rings (SSSR count). The van der Waals surface area contributed by atoms with E-state index in [1.54, 1.807) is 17.8 Å². The summed E-state index contributed by atoms with van der Waals surface area (Å²) in [6.07, 6.45) is 2.36. The normalized spacial score (nSPS) is 13.2. The molecule has 1 N–H and O–H groups in total. The summed E-state index contributed by atoms with van der Waals surface area (Å²) in [5.74, 6) is 1.11. The highest BCUT2D eigenvalue weighted by atomic mass is 35.5. The van der Waals surface area contributed by atoms with E-state index in [9.17, 15) is 4.79 Å². The van der Waals surface area contributed by atoms with Gasteiger partial charge in [-0.3, -0.25) is 9.36 Å². The lowest BCUT2D eigenvalue weighted by molar-refractivity contribution is 0.394. The van der Waals surface area contributed by atoms with Crippen molar-refractivity contribution < 1.29 is 4.52 Å². The predicted molar refractivity (Wildman–Crippen MR) is 94.7 cm³/mol. The molecule has 0 saturated heterocycles. The smallest absolute Gasteiger partial charge is 0.257 e. The Morgan fingerprint density at radius 3 is 2.80 bits per heavy atom. The highest BCUT2D eigenvalue weighted by Crippen LogP contribution is 2.16. The summed E-state index contributed by atoms with van der Waals surface area (Å²) in [6, 6.07) is 7.80. The SMILES string of the molecule is Cc1nc(-c2ccc(Cn3cnc4c(c3=O)CCNC4)cc2)no1.Cl. The van der Waals surface area contributed by atoms with Crippen LogP contribution in [0.3, 0.4) is 0 Å². The lowest BCUT2D eigenvalue weighted by Gasteiger charge is -2.16. The first-order chi connectivity index (χ1) is 11.7. The van der Waals surface area contributed by atoms with Gasteiger partial charge in [0.25, 0.3) is 5.56 Å². The molecule has 0 unspecified atom stereocenters. The first-order valence-corrected chi connectivity index (χ1v) is 7.88. The standard InChI is InChI=1S/C17H17N5O2.ClH/c1-11-20-16(21-24-11)13-4-2-12(3-5-13)9-22-10-19-15-8-18-7-6-14(15)17(22)23;/h2-5,10,18H,6-9H2,1H3;1H. The van der Waals surface area contributed by atoms with Crippen molar-refractivity contribution in [1.29, 1.82) is 0 Å². The van der Waals surface area contributed by atoms with Crippen molar-refractivity contribution in [1.82, 2.24) is 25.0 Å². The van der Waals surface area contributed by atoms with E-state index < -0.39 is 0 Å². The summed E-state index contributed by atoms with van der Waals surface area (Å²) in [5, 5.41) is 7.14. The Morgan fingerprint density at radius 2 is 2.08 bits per heavy atom. The van der Waals surface area contributed by atoms with Crippen LogP contribution in [-0.4, -0.2) is 26.2 Å². The molecule has 0 bridgehead atoms. The average molecular weight is 360 g/mol. The zero-order valence-corrected chi connectivity index (χ0v) is 14.5. The molecule has 0 radical (unpaired) electrons. The molecule has 0 fully saturated rings. The third kappa shape index (κ3) is 3.47. The van der Waals surface area contributed by atoms with Crippen molar-refractivity contribution in [3.05, 3.63) is 63.7 Å². The highest BCUT2D eigenvalue weighted by Gasteiger charge is 2.15. The second-order valence-electron chi connectivity index (χ2n) is 5.86. The predicted octanol–water partition coefficient (Wildman–Crippen LogP) is 1.72.